The van der Waals surface area contributed by atoms with E-state index in [1.165, 1.54) is 37.6 Å². The number of carbonyl (C=O) groups excluding carboxylic acids is 1. The number of methoxy groups -OCH3 is 1. The van der Waals surface area contributed by atoms with Crippen LogP contribution in [0.1, 0.15) is 59.8 Å². The van der Waals surface area contributed by atoms with Crippen molar-refractivity contribution < 1.29 is 9.53 Å². The van der Waals surface area contributed by atoms with Gasteiger partial charge in [-0.25, -0.2) is 9.67 Å². The molecule has 3 aromatic rings. The number of aryl methyl sites for hydroxylation is 3. The number of pyridine rings is 2. The van der Waals surface area contributed by atoms with Gasteiger partial charge in [0.05, 0.1) is 36.8 Å². The molecule has 0 aliphatic carbocycles. The Morgan fingerprint density at radius 3 is 2.70 bits per heavy atom. The zero-order valence-corrected chi connectivity index (χ0v) is 24.0. The SMILES string of the molecule is COC(=O)C[C@H](CN1CC2(CCN(Cc3ccc4c(n3)NCCC4)CC2)C1)c1cncc(-n2nc(C)cc2C)c1. The van der Waals surface area contributed by atoms with Gasteiger partial charge >= 0.3 is 5.97 Å². The predicted octanol–water partition coefficient (Wildman–Crippen LogP) is 3.88. The first kappa shape index (κ1) is 26.9. The first-order valence-corrected chi connectivity index (χ1v) is 14.6. The molecule has 6 rings (SSSR count). The maximum Gasteiger partial charge on any atom is 0.306 e. The van der Waals surface area contributed by atoms with Gasteiger partial charge in [-0.15, -0.1) is 0 Å². The van der Waals surface area contributed by atoms with Gasteiger partial charge in [0.1, 0.15) is 5.82 Å². The summed E-state index contributed by atoms with van der Waals surface area (Å²) in [5.41, 5.74) is 6.93. The van der Waals surface area contributed by atoms with Crippen LogP contribution in [0.2, 0.25) is 0 Å². The average Bonchev–Trinajstić information content (AvgIpc) is 3.30. The summed E-state index contributed by atoms with van der Waals surface area (Å²) >= 11 is 0. The van der Waals surface area contributed by atoms with E-state index in [2.05, 4.69) is 49.5 Å². The van der Waals surface area contributed by atoms with Gasteiger partial charge in [0.2, 0.25) is 0 Å². The van der Waals surface area contributed by atoms with Gasteiger partial charge in [-0.1, -0.05) is 6.07 Å². The molecule has 1 atom stereocenters. The minimum absolute atomic E-state index is 0.0259. The van der Waals surface area contributed by atoms with E-state index in [1.807, 2.05) is 30.9 Å². The summed E-state index contributed by atoms with van der Waals surface area (Å²) < 4.78 is 6.98. The summed E-state index contributed by atoms with van der Waals surface area (Å²) in [6, 6.07) is 8.65. The van der Waals surface area contributed by atoms with Crippen molar-refractivity contribution in [1.82, 2.24) is 29.5 Å². The monoisotopic (exact) mass is 543 g/mol. The Hall–Kier alpha value is -3.30. The van der Waals surface area contributed by atoms with Gasteiger partial charge in [0, 0.05) is 50.5 Å². The van der Waals surface area contributed by atoms with Crippen LogP contribution >= 0.6 is 0 Å². The number of hydrogen-bond acceptors (Lipinski definition) is 8. The summed E-state index contributed by atoms with van der Waals surface area (Å²) in [7, 11) is 1.46. The molecule has 3 aliphatic heterocycles. The molecule has 0 radical (unpaired) electrons. The van der Waals surface area contributed by atoms with Crippen LogP contribution in [0.5, 0.6) is 0 Å². The fraction of sp³-hybridized carbons (Fsp3) is 0.548. The molecule has 1 spiro atoms. The highest BCUT2D eigenvalue weighted by molar-refractivity contribution is 5.70. The molecule has 9 heteroatoms. The molecule has 0 aromatic carbocycles. The number of piperidine rings is 1. The second kappa shape index (κ2) is 11.3. The Labute approximate surface area is 236 Å². The Morgan fingerprint density at radius 2 is 1.95 bits per heavy atom. The second-order valence-electron chi connectivity index (χ2n) is 12.1. The number of likely N-dealkylation sites (tertiary alicyclic amines) is 2. The lowest BCUT2D eigenvalue weighted by Gasteiger charge is -2.55. The molecular formula is C31H41N7O2. The lowest BCUT2D eigenvalue weighted by Crippen LogP contribution is -2.60. The topological polar surface area (TPSA) is 88.4 Å². The van der Waals surface area contributed by atoms with E-state index in [0.29, 0.717) is 11.8 Å². The fourth-order valence-electron chi connectivity index (χ4n) is 6.78. The molecule has 3 aliphatic rings. The Bertz CT molecular complexity index is 1350. The molecule has 1 N–H and O–H groups in total. The summed E-state index contributed by atoms with van der Waals surface area (Å²) in [5, 5.41) is 8.08. The minimum atomic E-state index is -0.184. The molecule has 2 saturated heterocycles. The quantitative estimate of drug-likeness (QED) is 0.429. The van der Waals surface area contributed by atoms with Gasteiger partial charge < -0.3 is 15.0 Å². The first-order chi connectivity index (χ1) is 19.4. The van der Waals surface area contributed by atoms with Crippen LogP contribution in [0, 0.1) is 19.3 Å². The zero-order valence-electron chi connectivity index (χ0n) is 24.0. The number of aromatic nitrogens is 4. The number of rotatable bonds is 8. The largest absolute Gasteiger partial charge is 0.469 e. The first-order valence-electron chi connectivity index (χ1n) is 14.6. The van der Waals surface area contributed by atoms with Crippen LogP contribution in [0.15, 0.2) is 36.7 Å². The molecule has 0 bridgehead atoms. The summed E-state index contributed by atoms with van der Waals surface area (Å²) in [6.07, 6.45) is 8.81. The number of ether oxygens (including phenoxy) is 1. The van der Waals surface area contributed by atoms with Crippen molar-refractivity contribution in [3.63, 3.8) is 0 Å². The summed E-state index contributed by atoms with van der Waals surface area (Å²) in [4.78, 5) is 26.9. The number of nitrogens with one attached hydrogen (secondary N) is 1. The maximum atomic E-state index is 12.4. The number of nitrogens with zero attached hydrogens (tertiary/aromatic N) is 6. The van der Waals surface area contributed by atoms with E-state index in [1.54, 1.807) is 0 Å². The van der Waals surface area contributed by atoms with Gasteiger partial charge in [-0.2, -0.15) is 5.10 Å². The van der Waals surface area contributed by atoms with Gasteiger partial charge in [-0.05, 0) is 87.4 Å². The second-order valence-corrected chi connectivity index (χ2v) is 12.1. The van der Waals surface area contributed by atoms with E-state index >= 15 is 0 Å². The number of carbonyl (C=O) groups is 1. The van der Waals surface area contributed by atoms with Crippen molar-refractivity contribution in [3.8, 4) is 5.69 Å². The fourth-order valence-corrected chi connectivity index (χ4v) is 6.78. The predicted molar refractivity (Wildman–Crippen MR) is 155 cm³/mol. The van der Waals surface area contributed by atoms with Crippen LogP contribution in [0.25, 0.3) is 5.69 Å². The van der Waals surface area contributed by atoms with Crippen LogP contribution < -0.4 is 5.32 Å². The van der Waals surface area contributed by atoms with Crippen molar-refractivity contribution in [3.05, 3.63) is 64.9 Å². The third-order valence-electron chi connectivity index (χ3n) is 8.96. The number of hydrogen-bond donors (Lipinski definition) is 1. The lowest BCUT2D eigenvalue weighted by molar-refractivity contribution is -0.141. The van der Waals surface area contributed by atoms with E-state index < -0.39 is 0 Å². The molecule has 2 fully saturated rings. The highest BCUT2D eigenvalue weighted by Crippen LogP contribution is 2.42. The third-order valence-corrected chi connectivity index (χ3v) is 8.96. The molecule has 0 amide bonds. The zero-order chi connectivity index (χ0) is 27.7. The van der Waals surface area contributed by atoms with E-state index in [9.17, 15) is 4.79 Å². The molecule has 0 saturated carbocycles. The van der Waals surface area contributed by atoms with Crippen LogP contribution in [0.3, 0.4) is 0 Å². The van der Waals surface area contributed by atoms with Crippen molar-refractivity contribution >= 4 is 11.8 Å². The van der Waals surface area contributed by atoms with Crippen molar-refractivity contribution in [2.24, 2.45) is 5.41 Å². The number of anilines is 1. The number of esters is 1. The molecule has 9 nitrogen and oxygen atoms in total. The average molecular weight is 544 g/mol. The lowest BCUT2D eigenvalue weighted by atomic mass is 9.71. The highest BCUT2D eigenvalue weighted by Gasteiger charge is 2.45. The van der Waals surface area contributed by atoms with Crippen LogP contribution in [0.4, 0.5) is 5.82 Å². The Balaban J connectivity index is 1.06. The summed E-state index contributed by atoms with van der Waals surface area (Å²) in [5.74, 6) is 0.929. The molecule has 40 heavy (non-hydrogen) atoms. The molecular weight excluding hydrogens is 502 g/mol. The molecule has 212 valence electrons. The van der Waals surface area contributed by atoms with Crippen molar-refractivity contribution in [2.45, 2.75) is 58.4 Å². The Kier molecular flexibility index (Phi) is 7.59. The van der Waals surface area contributed by atoms with Crippen LogP contribution in [-0.2, 0) is 22.5 Å². The van der Waals surface area contributed by atoms with Crippen molar-refractivity contribution in [1.29, 1.82) is 0 Å². The highest BCUT2D eigenvalue weighted by atomic mass is 16.5. The smallest absolute Gasteiger partial charge is 0.306 e. The van der Waals surface area contributed by atoms with E-state index in [-0.39, 0.29) is 11.9 Å². The van der Waals surface area contributed by atoms with Gasteiger partial charge in [-0.3, -0.25) is 14.7 Å². The van der Waals surface area contributed by atoms with Crippen molar-refractivity contribution in [2.75, 3.05) is 51.7 Å². The maximum absolute atomic E-state index is 12.4. The van der Waals surface area contributed by atoms with Gasteiger partial charge in [0.25, 0.3) is 0 Å². The molecule has 3 aromatic heterocycles. The summed E-state index contributed by atoms with van der Waals surface area (Å²) in [6.45, 7) is 11.2. The van der Waals surface area contributed by atoms with E-state index in [0.717, 1.165) is 80.7 Å². The Morgan fingerprint density at radius 1 is 1.12 bits per heavy atom. The molecule has 0 unspecified atom stereocenters. The van der Waals surface area contributed by atoms with Crippen LogP contribution in [-0.4, -0.2) is 81.9 Å². The third kappa shape index (κ3) is 5.76. The normalized spacial score (nSPS) is 19.5. The standard InChI is InChI=1S/C31H41N7O2/c1-22-13-23(2)38(35-22)28-14-25(16-32-17-28)26(15-29(39)40-3)18-37-20-31(21-37)8-11-36(12-9-31)19-27-7-6-24-5-4-10-33-30(24)34-27/h6-7,13-14,16-17,26H,4-5,8-12,15,18-21H2,1-3H3,(H,33,34)/t26-/m1/s1. The van der Waals surface area contributed by atoms with E-state index in [4.69, 9.17) is 9.72 Å². The number of fused-ring (bicyclic) bond motifs is 1. The minimum Gasteiger partial charge on any atom is -0.469 e. The molecule has 6 heterocycles. The van der Waals surface area contributed by atoms with Gasteiger partial charge in [0.15, 0.2) is 0 Å².